The summed E-state index contributed by atoms with van der Waals surface area (Å²) in [6.07, 6.45) is 1.09. The van der Waals surface area contributed by atoms with Gasteiger partial charge >= 0.3 is 5.69 Å². The van der Waals surface area contributed by atoms with Crippen LogP contribution in [0.15, 0.2) is 10.7 Å². The Hall–Kier alpha value is -2.75. The first-order chi connectivity index (χ1) is 9.93. The number of nitrogens with two attached hydrogens (primary N) is 1. The number of hydrazine groups is 1. The maximum Gasteiger partial charge on any atom is 0.329 e. The Labute approximate surface area is 119 Å². The summed E-state index contributed by atoms with van der Waals surface area (Å²) in [6, 6.07) is -0.282. The van der Waals surface area contributed by atoms with Crippen LogP contribution in [0.1, 0.15) is 30.0 Å². The topological polar surface area (TPSA) is 145 Å². The molecule has 112 valence electrons. The van der Waals surface area contributed by atoms with Crippen LogP contribution >= 0.6 is 0 Å². The van der Waals surface area contributed by atoms with Crippen molar-refractivity contribution in [3.8, 4) is 0 Å². The van der Waals surface area contributed by atoms with Gasteiger partial charge in [0.25, 0.3) is 0 Å². The highest BCUT2D eigenvalue weighted by atomic mass is 16.6. The van der Waals surface area contributed by atoms with Crippen LogP contribution in [0.25, 0.3) is 0 Å². The van der Waals surface area contributed by atoms with Gasteiger partial charge in [0.15, 0.2) is 0 Å². The Morgan fingerprint density at radius 1 is 1.48 bits per heavy atom. The molecule has 0 aromatic carbocycles. The average molecular weight is 293 g/mol. The van der Waals surface area contributed by atoms with Crippen molar-refractivity contribution in [3.63, 3.8) is 0 Å². The summed E-state index contributed by atoms with van der Waals surface area (Å²) < 4.78 is 5.09. The largest absolute Gasteiger partial charge is 0.361 e. The molecule has 0 amide bonds. The molecule has 0 radical (unpaired) electrons. The molecule has 0 aliphatic rings. The Morgan fingerprint density at radius 3 is 2.71 bits per heavy atom. The van der Waals surface area contributed by atoms with E-state index in [1.54, 1.807) is 13.8 Å². The highest BCUT2D eigenvalue weighted by Gasteiger charge is 2.22. The van der Waals surface area contributed by atoms with Crippen molar-refractivity contribution in [2.24, 2.45) is 5.84 Å². The summed E-state index contributed by atoms with van der Waals surface area (Å²) in [5.41, 5.74) is 3.54. The van der Waals surface area contributed by atoms with Gasteiger partial charge in [0.2, 0.25) is 11.8 Å². The summed E-state index contributed by atoms with van der Waals surface area (Å²) in [4.78, 5) is 18.2. The molecule has 2 aromatic heterocycles. The van der Waals surface area contributed by atoms with E-state index >= 15 is 0 Å². The molecular weight excluding hydrogens is 278 g/mol. The highest BCUT2D eigenvalue weighted by Crippen LogP contribution is 2.28. The first-order valence-electron chi connectivity index (χ1n) is 6.11. The molecule has 1 atom stereocenters. The van der Waals surface area contributed by atoms with E-state index in [4.69, 9.17) is 10.4 Å². The number of aryl methyl sites for hydroxylation is 2. The predicted molar refractivity (Wildman–Crippen MR) is 74.5 cm³/mol. The zero-order valence-corrected chi connectivity index (χ0v) is 11.7. The minimum atomic E-state index is -0.567. The van der Waals surface area contributed by atoms with Gasteiger partial charge in [0, 0.05) is 5.56 Å². The number of nitrogens with zero attached hydrogens (tertiary/aromatic N) is 4. The van der Waals surface area contributed by atoms with Crippen molar-refractivity contribution in [3.05, 3.63) is 33.3 Å². The SMILES string of the molecule is Cc1noc(C)c1C(C)Nc1nc(NN)ncc1[N+](=O)[O-]. The fraction of sp³-hybridized carbons (Fsp3) is 0.364. The van der Waals surface area contributed by atoms with Crippen LogP contribution in [0.5, 0.6) is 0 Å². The van der Waals surface area contributed by atoms with Gasteiger partial charge in [-0.15, -0.1) is 0 Å². The van der Waals surface area contributed by atoms with Gasteiger partial charge < -0.3 is 9.84 Å². The molecule has 2 aromatic rings. The smallest absolute Gasteiger partial charge is 0.329 e. The molecule has 0 fully saturated rings. The van der Waals surface area contributed by atoms with Crippen molar-refractivity contribution in [2.75, 3.05) is 10.7 Å². The first kappa shape index (κ1) is 14.7. The zero-order chi connectivity index (χ0) is 15.6. The molecule has 10 nitrogen and oxygen atoms in total. The van der Waals surface area contributed by atoms with Crippen LogP contribution in [0.3, 0.4) is 0 Å². The number of hydrogen-bond acceptors (Lipinski definition) is 9. The van der Waals surface area contributed by atoms with Gasteiger partial charge in [-0.3, -0.25) is 15.5 Å². The van der Waals surface area contributed by atoms with Crippen LogP contribution in [0, 0.1) is 24.0 Å². The number of anilines is 2. The van der Waals surface area contributed by atoms with Crippen molar-refractivity contribution >= 4 is 17.5 Å². The second kappa shape index (κ2) is 5.71. The van der Waals surface area contributed by atoms with Crippen LogP contribution in [0.4, 0.5) is 17.5 Å². The van der Waals surface area contributed by atoms with Crippen LogP contribution < -0.4 is 16.6 Å². The predicted octanol–water partition coefficient (Wildman–Crippen LogP) is 1.45. The van der Waals surface area contributed by atoms with Crippen molar-refractivity contribution in [1.82, 2.24) is 15.1 Å². The third-order valence-electron chi connectivity index (χ3n) is 2.97. The number of rotatable bonds is 5. The molecular formula is C11H15N7O3. The monoisotopic (exact) mass is 293 g/mol. The Morgan fingerprint density at radius 2 is 2.19 bits per heavy atom. The third-order valence-corrected chi connectivity index (χ3v) is 2.97. The van der Waals surface area contributed by atoms with E-state index in [0.29, 0.717) is 11.5 Å². The van der Waals surface area contributed by atoms with Crippen molar-refractivity contribution < 1.29 is 9.45 Å². The Balaban J connectivity index is 2.36. The van der Waals surface area contributed by atoms with E-state index in [1.807, 2.05) is 6.92 Å². The van der Waals surface area contributed by atoms with Crippen LogP contribution in [-0.2, 0) is 0 Å². The van der Waals surface area contributed by atoms with E-state index in [2.05, 4.69) is 25.9 Å². The van der Waals surface area contributed by atoms with E-state index in [0.717, 1.165) is 11.8 Å². The lowest BCUT2D eigenvalue weighted by Gasteiger charge is -2.14. The van der Waals surface area contributed by atoms with Gasteiger partial charge in [-0.25, -0.2) is 10.8 Å². The van der Waals surface area contributed by atoms with E-state index in [-0.39, 0.29) is 23.5 Å². The summed E-state index contributed by atoms with van der Waals surface area (Å²) in [6.45, 7) is 5.40. The fourth-order valence-corrected chi connectivity index (χ4v) is 2.07. The van der Waals surface area contributed by atoms with Crippen molar-refractivity contribution in [1.29, 1.82) is 0 Å². The Bertz CT molecular complexity index is 650. The number of hydrogen-bond donors (Lipinski definition) is 3. The van der Waals surface area contributed by atoms with Crippen LogP contribution in [-0.4, -0.2) is 20.0 Å². The van der Waals surface area contributed by atoms with E-state index in [1.165, 1.54) is 0 Å². The van der Waals surface area contributed by atoms with E-state index in [9.17, 15) is 10.1 Å². The highest BCUT2D eigenvalue weighted by molar-refractivity contribution is 5.58. The molecule has 2 heterocycles. The van der Waals surface area contributed by atoms with Gasteiger partial charge in [-0.2, -0.15) is 4.98 Å². The number of aromatic nitrogens is 3. The first-order valence-corrected chi connectivity index (χ1v) is 6.11. The average Bonchev–Trinajstić information content (AvgIpc) is 2.77. The standard InChI is InChI=1S/C11H15N7O3/c1-5(9-6(2)17-21-7(9)3)14-10-8(18(19)20)4-13-11(15-10)16-12/h4-5H,12H2,1-3H3,(H2,13,14,15,16). The molecule has 21 heavy (non-hydrogen) atoms. The molecule has 10 heteroatoms. The summed E-state index contributed by atoms with van der Waals surface area (Å²) >= 11 is 0. The fourth-order valence-electron chi connectivity index (χ4n) is 2.07. The van der Waals surface area contributed by atoms with Gasteiger partial charge in [-0.05, 0) is 20.8 Å². The zero-order valence-electron chi connectivity index (χ0n) is 11.7. The summed E-state index contributed by atoms with van der Waals surface area (Å²) in [5.74, 6) is 6.00. The number of nitrogen functional groups attached to an aromatic ring is 1. The second-order valence-corrected chi connectivity index (χ2v) is 4.43. The molecule has 0 aliphatic heterocycles. The molecule has 0 spiro atoms. The normalized spacial score (nSPS) is 12.0. The van der Waals surface area contributed by atoms with Gasteiger partial charge in [0.1, 0.15) is 12.0 Å². The van der Waals surface area contributed by atoms with E-state index < -0.39 is 4.92 Å². The van der Waals surface area contributed by atoms with Crippen LogP contribution in [0.2, 0.25) is 0 Å². The van der Waals surface area contributed by atoms with Crippen molar-refractivity contribution in [2.45, 2.75) is 26.8 Å². The lowest BCUT2D eigenvalue weighted by molar-refractivity contribution is -0.384. The molecule has 2 rings (SSSR count). The lowest BCUT2D eigenvalue weighted by Crippen LogP contribution is -2.15. The van der Waals surface area contributed by atoms with Gasteiger partial charge in [0.05, 0.1) is 16.7 Å². The minimum Gasteiger partial charge on any atom is -0.361 e. The van der Waals surface area contributed by atoms with Gasteiger partial charge in [-0.1, -0.05) is 5.16 Å². The second-order valence-electron chi connectivity index (χ2n) is 4.43. The molecule has 0 bridgehead atoms. The summed E-state index contributed by atoms with van der Waals surface area (Å²) in [5, 5.41) is 17.8. The molecule has 4 N–H and O–H groups in total. The maximum absolute atomic E-state index is 11.0. The minimum absolute atomic E-state index is 0.0652. The summed E-state index contributed by atoms with van der Waals surface area (Å²) in [7, 11) is 0. The maximum atomic E-state index is 11.0. The molecule has 0 saturated carbocycles. The number of nitro groups is 1. The number of nitrogens with one attached hydrogen (secondary N) is 2. The molecule has 0 saturated heterocycles. The third kappa shape index (κ3) is 2.89. The molecule has 0 aliphatic carbocycles. The molecule has 1 unspecified atom stereocenters. The quantitative estimate of drug-likeness (QED) is 0.423. The lowest BCUT2D eigenvalue weighted by atomic mass is 10.1. The Kier molecular flexibility index (Phi) is 3.98.